The van der Waals surface area contributed by atoms with Crippen molar-refractivity contribution in [3.05, 3.63) is 0 Å². The first-order valence-corrected chi connectivity index (χ1v) is 3.42. The lowest BCUT2D eigenvalue weighted by Gasteiger charge is -2.17. The molecule has 1 N–H and O–H groups in total. The van der Waals surface area contributed by atoms with E-state index in [2.05, 4.69) is 35.9 Å². The minimum atomic E-state index is 0.303. The van der Waals surface area contributed by atoms with Gasteiger partial charge in [0.05, 0.1) is 7.11 Å². The van der Waals surface area contributed by atoms with Crippen LogP contribution in [0.1, 0.15) is 20.8 Å². The summed E-state index contributed by atoms with van der Waals surface area (Å²) in [4.78, 5) is 9.01. The lowest BCUT2D eigenvalue weighted by Crippen LogP contribution is -2.28. The molecule has 0 aliphatic rings. The van der Waals surface area contributed by atoms with Crippen LogP contribution in [0.5, 0.6) is 0 Å². The van der Waals surface area contributed by atoms with Gasteiger partial charge in [0.25, 0.3) is 0 Å². The predicted octanol–water partition coefficient (Wildman–Crippen LogP) is 1.16. The van der Waals surface area contributed by atoms with E-state index >= 15 is 0 Å². The molecule has 0 saturated carbocycles. The standard InChI is InChI=1S/C7H17NO2/c1-7(2,3)5-8-6-10-9-4/h8H,5-6H2,1-4H3. The third-order valence-electron chi connectivity index (χ3n) is 0.934. The molecule has 0 aromatic heterocycles. The maximum absolute atomic E-state index is 4.62. The second-order valence-electron chi connectivity index (χ2n) is 3.42. The van der Waals surface area contributed by atoms with E-state index in [0.29, 0.717) is 12.1 Å². The fourth-order valence-electron chi connectivity index (χ4n) is 0.527. The highest BCUT2D eigenvalue weighted by Crippen LogP contribution is 2.09. The second kappa shape index (κ2) is 4.66. The first-order chi connectivity index (χ1) is 4.56. The first-order valence-electron chi connectivity index (χ1n) is 3.42. The van der Waals surface area contributed by atoms with Crippen molar-refractivity contribution in [1.29, 1.82) is 0 Å². The van der Waals surface area contributed by atoms with Crippen LogP contribution in [0.25, 0.3) is 0 Å². The molecule has 0 atom stereocenters. The molecule has 0 rings (SSSR count). The molecule has 0 aliphatic carbocycles. The van der Waals surface area contributed by atoms with E-state index in [1.54, 1.807) is 0 Å². The van der Waals surface area contributed by atoms with E-state index in [-0.39, 0.29) is 0 Å². The van der Waals surface area contributed by atoms with Crippen molar-refractivity contribution < 1.29 is 9.78 Å². The van der Waals surface area contributed by atoms with Crippen molar-refractivity contribution in [3.8, 4) is 0 Å². The Kier molecular flexibility index (Phi) is 4.60. The summed E-state index contributed by atoms with van der Waals surface area (Å²) in [7, 11) is 1.50. The smallest absolute Gasteiger partial charge is 0.133 e. The summed E-state index contributed by atoms with van der Waals surface area (Å²) in [6, 6.07) is 0. The van der Waals surface area contributed by atoms with Gasteiger partial charge in [0.1, 0.15) is 6.73 Å². The zero-order valence-electron chi connectivity index (χ0n) is 7.23. The summed E-state index contributed by atoms with van der Waals surface area (Å²) in [5.74, 6) is 0. The Hall–Kier alpha value is -0.120. The fraction of sp³-hybridized carbons (Fsp3) is 1.00. The molecule has 0 spiro atoms. The Bertz CT molecular complexity index is 78.2. The minimum Gasteiger partial charge on any atom is -0.292 e. The third kappa shape index (κ3) is 7.88. The van der Waals surface area contributed by atoms with Gasteiger partial charge in [-0.1, -0.05) is 20.8 Å². The highest BCUT2D eigenvalue weighted by atomic mass is 17.2. The fourth-order valence-corrected chi connectivity index (χ4v) is 0.527. The van der Waals surface area contributed by atoms with Crippen molar-refractivity contribution in [3.63, 3.8) is 0 Å². The lowest BCUT2D eigenvalue weighted by atomic mass is 9.97. The Labute approximate surface area is 62.6 Å². The van der Waals surface area contributed by atoms with Gasteiger partial charge >= 0.3 is 0 Å². The third-order valence-corrected chi connectivity index (χ3v) is 0.934. The molecule has 0 aromatic rings. The van der Waals surface area contributed by atoms with Crippen LogP contribution < -0.4 is 5.32 Å². The topological polar surface area (TPSA) is 30.5 Å². The molecular weight excluding hydrogens is 130 g/mol. The van der Waals surface area contributed by atoms with E-state index in [0.717, 1.165) is 6.54 Å². The molecule has 0 aromatic carbocycles. The number of hydrogen-bond donors (Lipinski definition) is 1. The van der Waals surface area contributed by atoms with Gasteiger partial charge < -0.3 is 0 Å². The Balaban J connectivity index is 3.04. The molecule has 0 unspecified atom stereocenters. The summed E-state index contributed by atoms with van der Waals surface area (Å²) < 4.78 is 0. The SMILES string of the molecule is COOCNCC(C)(C)C. The number of hydrogen-bond acceptors (Lipinski definition) is 3. The molecular formula is C7H17NO2. The van der Waals surface area contributed by atoms with Crippen molar-refractivity contribution in [2.75, 3.05) is 20.4 Å². The van der Waals surface area contributed by atoms with E-state index in [4.69, 9.17) is 0 Å². The van der Waals surface area contributed by atoms with Crippen LogP contribution in [-0.2, 0) is 9.78 Å². The summed E-state index contributed by atoms with van der Waals surface area (Å²) in [6.45, 7) is 7.86. The maximum Gasteiger partial charge on any atom is 0.133 e. The van der Waals surface area contributed by atoms with Crippen molar-refractivity contribution in [2.45, 2.75) is 20.8 Å². The summed E-state index contributed by atoms with van der Waals surface area (Å²) in [6.07, 6.45) is 0. The normalized spacial score (nSPS) is 12.0. The van der Waals surface area contributed by atoms with Crippen LogP contribution in [0.2, 0.25) is 0 Å². The quantitative estimate of drug-likeness (QED) is 0.280. The van der Waals surface area contributed by atoms with Gasteiger partial charge in [-0.25, -0.2) is 9.78 Å². The summed E-state index contributed by atoms with van der Waals surface area (Å²) >= 11 is 0. The van der Waals surface area contributed by atoms with Gasteiger partial charge in [0.2, 0.25) is 0 Å². The van der Waals surface area contributed by atoms with Crippen molar-refractivity contribution in [2.24, 2.45) is 5.41 Å². The van der Waals surface area contributed by atoms with Gasteiger partial charge in [0, 0.05) is 6.54 Å². The van der Waals surface area contributed by atoms with Crippen LogP contribution in [0, 0.1) is 5.41 Å². The molecule has 62 valence electrons. The predicted molar refractivity (Wildman–Crippen MR) is 40.4 cm³/mol. The maximum atomic E-state index is 4.62. The zero-order chi connectivity index (χ0) is 8.04. The van der Waals surface area contributed by atoms with Gasteiger partial charge in [0.15, 0.2) is 0 Å². The van der Waals surface area contributed by atoms with Gasteiger partial charge in [-0.2, -0.15) is 0 Å². The summed E-state index contributed by atoms with van der Waals surface area (Å²) in [5.41, 5.74) is 0.303. The molecule has 0 fully saturated rings. The molecule has 0 bridgehead atoms. The van der Waals surface area contributed by atoms with Crippen LogP contribution in [0.3, 0.4) is 0 Å². The molecule has 0 radical (unpaired) electrons. The second-order valence-corrected chi connectivity index (χ2v) is 3.42. The minimum absolute atomic E-state index is 0.303. The van der Waals surface area contributed by atoms with E-state index in [1.165, 1.54) is 7.11 Å². The van der Waals surface area contributed by atoms with Gasteiger partial charge in [-0.3, -0.25) is 5.32 Å². The van der Waals surface area contributed by atoms with Crippen molar-refractivity contribution >= 4 is 0 Å². The highest BCUT2D eigenvalue weighted by molar-refractivity contribution is 4.62. The molecule has 0 heterocycles. The van der Waals surface area contributed by atoms with E-state index in [1.807, 2.05) is 0 Å². The largest absolute Gasteiger partial charge is 0.292 e. The van der Waals surface area contributed by atoms with Crippen LogP contribution in [0.4, 0.5) is 0 Å². The monoisotopic (exact) mass is 147 g/mol. The number of rotatable bonds is 4. The van der Waals surface area contributed by atoms with Crippen LogP contribution >= 0.6 is 0 Å². The molecule has 10 heavy (non-hydrogen) atoms. The Morgan fingerprint density at radius 3 is 2.30 bits per heavy atom. The summed E-state index contributed by atoms with van der Waals surface area (Å²) in [5, 5.41) is 3.08. The molecule has 0 saturated heterocycles. The van der Waals surface area contributed by atoms with Crippen LogP contribution in [0.15, 0.2) is 0 Å². The Morgan fingerprint density at radius 2 is 1.90 bits per heavy atom. The first kappa shape index (κ1) is 9.88. The van der Waals surface area contributed by atoms with Gasteiger partial charge in [-0.05, 0) is 5.41 Å². The van der Waals surface area contributed by atoms with Gasteiger partial charge in [-0.15, -0.1) is 0 Å². The molecule has 3 nitrogen and oxygen atoms in total. The van der Waals surface area contributed by atoms with E-state index in [9.17, 15) is 0 Å². The average molecular weight is 147 g/mol. The molecule has 0 aliphatic heterocycles. The van der Waals surface area contributed by atoms with Crippen molar-refractivity contribution in [1.82, 2.24) is 5.32 Å². The highest BCUT2D eigenvalue weighted by Gasteiger charge is 2.07. The molecule has 3 heteroatoms. The average Bonchev–Trinajstić information content (AvgIpc) is 1.78. The van der Waals surface area contributed by atoms with Crippen LogP contribution in [-0.4, -0.2) is 20.4 Å². The number of nitrogens with one attached hydrogen (secondary N) is 1. The molecule has 0 amide bonds. The zero-order valence-corrected chi connectivity index (χ0v) is 7.23. The lowest BCUT2D eigenvalue weighted by molar-refractivity contribution is -0.277. The Morgan fingerprint density at radius 1 is 1.30 bits per heavy atom. The van der Waals surface area contributed by atoms with E-state index < -0.39 is 0 Å².